The SMILES string of the molecule is CCCOC(=O)C1=C(C)NC2=C(C(=O)[C@H](C(=O)OC)[C@H](C)C2)[C@@H]1c1cccc(Cl)c1. The van der Waals surface area contributed by atoms with Gasteiger partial charge in [-0.1, -0.05) is 37.6 Å². The lowest BCUT2D eigenvalue weighted by Crippen LogP contribution is -2.43. The van der Waals surface area contributed by atoms with E-state index >= 15 is 0 Å². The van der Waals surface area contributed by atoms with Crippen LogP contribution in [0.3, 0.4) is 0 Å². The zero-order valence-electron chi connectivity index (χ0n) is 17.6. The Balaban J connectivity index is 2.16. The summed E-state index contributed by atoms with van der Waals surface area (Å²) in [4.78, 5) is 38.9. The lowest BCUT2D eigenvalue weighted by atomic mass is 9.69. The standard InChI is InChI=1S/C23H26ClNO5/c1-5-9-30-23(28)18-13(3)25-16-10-12(2)17(22(27)29-4)21(26)20(16)19(18)14-7-6-8-15(24)11-14/h6-8,11-12,17,19,25H,5,9-10H2,1-4H3/t12-,17-,19-/m1/s1. The van der Waals surface area contributed by atoms with Gasteiger partial charge in [0.1, 0.15) is 5.92 Å². The third-order valence-electron chi connectivity index (χ3n) is 5.58. The van der Waals surface area contributed by atoms with Crippen molar-refractivity contribution in [1.29, 1.82) is 0 Å². The van der Waals surface area contributed by atoms with E-state index in [0.717, 1.165) is 5.70 Å². The van der Waals surface area contributed by atoms with Crippen LogP contribution in [0.25, 0.3) is 0 Å². The average molecular weight is 432 g/mol. The van der Waals surface area contributed by atoms with Gasteiger partial charge in [0, 0.05) is 27.9 Å². The van der Waals surface area contributed by atoms with Gasteiger partial charge in [-0.3, -0.25) is 9.59 Å². The van der Waals surface area contributed by atoms with Crippen molar-refractivity contribution in [1.82, 2.24) is 5.32 Å². The molecule has 3 atom stereocenters. The summed E-state index contributed by atoms with van der Waals surface area (Å²) >= 11 is 6.22. The number of allylic oxidation sites excluding steroid dienone is 3. The minimum atomic E-state index is -0.913. The quantitative estimate of drug-likeness (QED) is 0.562. The molecule has 1 aromatic carbocycles. The Labute approximate surface area is 181 Å². The number of halogens is 1. The van der Waals surface area contributed by atoms with Gasteiger partial charge in [-0.05, 0) is 43.4 Å². The number of rotatable bonds is 5. The van der Waals surface area contributed by atoms with Gasteiger partial charge in [-0.15, -0.1) is 0 Å². The highest BCUT2D eigenvalue weighted by molar-refractivity contribution is 6.30. The van der Waals surface area contributed by atoms with Crippen LogP contribution in [0, 0.1) is 11.8 Å². The highest BCUT2D eigenvalue weighted by Gasteiger charge is 2.47. The molecular formula is C23H26ClNO5. The van der Waals surface area contributed by atoms with Gasteiger partial charge in [0.25, 0.3) is 0 Å². The number of carbonyl (C=O) groups is 3. The normalized spacial score (nSPS) is 23.6. The maximum atomic E-state index is 13.5. The number of dihydropyridines is 1. The molecule has 1 aliphatic carbocycles. The number of nitrogens with one attached hydrogen (secondary N) is 1. The van der Waals surface area contributed by atoms with E-state index in [1.807, 2.05) is 19.9 Å². The summed E-state index contributed by atoms with van der Waals surface area (Å²) in [6.07, 6.45) is 1.18. The summed E-state index contributed by atoms with van der Waals surface area (Å²) in [6, 6.07) is 7.07. The molecular weight excluding hydrogens is 406 g/mol. The third kappa shape index (κ3) is 4.01. The second-order valence-electron chi connectivity index (χ2n) is 7.73. The number of benzene rings is 1. The Morgan fingerprint density at radius 1 is 1.30 bits per heavy atom. The van der Waals surface area contributed by atoms with Crippen LogP contribution in [0.2, 0.25) is 5.02 Å². The number of methoxy groups -OCH3 is 1. The van der Waals surface area contributed by atoms with E-state index in [0.29, 0.717) is 40.3 Å². The van der Waals surface area contributed by atoms with Gasteiger partial charge < -0.3 is 14.8 Å². The van der Waals surface area contributed by atoms with Crippen molar-refractivity contribution in [2.45, 2.75) is 39.5 Å². The zero-order valence-corrected chi connectivity index (χ0v) is 18.3. The zero-order chi connectivity index (χ0) is 22.0. The highest BCUT2D eigenvalue weighted by atomic mass is 35.5. The molecule has 0 bridgehead atoms. The second-order valence-corrected chi connectivity index (χ2v) is 8.16. The summed E-state index contributed by atoms with van der Waals surface area (Å²) < 4.78 is 10.3. The number of ketones is 1. The molecule has 0 amide bonds. The van der Waals surface area contributed by atoms with E-state index in [1.165, 1.54) is 7.11 Å². The largest absolute Gasteiger partial charge is 0.468 e. The Bertz CT molecular complexity index is 949. The van der Waals surface area contributed by atoms with E-state index in [2.05, 4.69) is 5.32 Å². The smallest absolute Gasteiger partial charge is 0.336 e. The summed E-state index contributed by atoms with van der Waals surface area (Å²) in [5.41, 5.74) is 2.82. The Kier molecular flexibility index (Phi) is 6.66. The third-order valence-corrected chi connectivity index (χ3v) is 5.82. The first-order valence-electron chi connectivity index (χ1n) is 10.1. The van der Waals surface area contributed by atoms with E-state index in [1.54, 1.807) is 25.1 Å². The number of carbonyl (C=O) groups excluding carboxylic acids is 3. The van der Waals surface area contributed by atoms with E-state index in [9.17, 15) is 14.4 Å². The fourth-order valence-electron chi connectivity index (χ4n) is 4.24. The van der Waals surface area contributed by atoms with E-state index in [-0.39, 0.29) is 18.3 Å². The fraction of sp³-hybridized carbons (Fsp3) is 0.435. The van der Waals surface area contributed by atoms with Crippen LogP contribution in [0.15, 0.2) is 46.8 Å². The Morgan fingerprint density at radius 2 is 2.03 bits per heavy atom. The van der Waals surface area contributed by atoms with Gasteiger partial charge in [0.05, 0.1) is 19.3 Å². The minimum Gasteiger partial charge on any atom is -0.468 e. The van der Waals surface area contributed by atoms with Crippen LogP contribution in [-0.2, 0) is 23.9 Å². The molecule has 0 unspecified atom stereocenters. The molecule has 0 radical (unpaired) electrons. The van der Waals surface area contributed by atoms with Crippen LogP contribution in [-0.4, -0.2) is 31.4 Å². The molecule has 7 heteroatoms. The summed E-state index contributed by atoms with van der Waals surface area (Å²) in [7, 11) is 1.28. The van der Waals surface area contributed by atoms with Crippen LogP contribution >= 0.6 is 11.6 Å². The topological polar surface area (TPSA) is 81.7 Å². The number of esters is 2. The van der Waals surface area contributed by atoms with Crippen molar-refractivity contribution < 1.29 is 23.9 Å². The second kappa shape index (κ2) is 9.04. The van der Waals surface area contributed by atoms with Gasteiger partial charge in [0.15, 0.2) is 5.78 Å². The molecule has 1 N–H and O–H groups in total. The van der Waals surface area contributed by atoms with Crippen molar-refractivity contribution in [2.75, 3.05) is 13.7 Å². The minimum absolute atomic E-state index is 0.224. The molecule has 3 rings (SSSR count). The van der Waals surface area contributed by atoms with Crippen molar-refractivity contribution in [3.8, 4) is 0 Å². The van der Waals surface area contributed by atoms with Crippen molar-refractivity contribution in [2.24, 2.45) is 11.8 Å². The van der Waals surface area contributed by atoms with Gasteiger partial charge >= 0.3 is 11.9 Å². The molecule has 1 aliphatic heterocycles. The predicted molar refractivity (Wildman–Crippen MR) is 113 cm³/mol. The summed E-state index contributed by atoms with van der Waals surface area (Å²) in [5, 5.41) is 3.72. The molecule has 6 nitrogen and oxygen atoms in total. The van der Waals surface area contributed by atoms with Gasteiger partial charge in [0.2, 0.25) is 0 Å². The summed E-state index contributed by atoms with van der Waals surface area (Å²) in [5.74, 6) is -3.19. The lowest BCUT2D eigenvalue weighted by molar-refractivity contribution is -0.151. The van der Waals surface area contributed by atoms with E-state index in [4.69, 9.17) is 21.1 Å². The van der Waals surface area contributed by atoms with Crippen LogP contribution in [0.5, 0.6) is 0 Å². The Hall–Kier alpha value is -2.60. The first-order valence-corrected chi connectivity index (χ1v) is 10.4. The molecule has 1 aromatic rings. The average Bonchev–Trinajstić information content (AvgIpc) is 2.70. The fourth-order valence-corrected chi connectivity index (χ4v) is 4.44. The molecule has 1 heterocycles. The Morgan fingerprint density at radius 3 is 2.67 bits per heavy atom. The molecule has 2 aliphatic rings. The highest BCUT2D eigenvalue weighted by Crippen LogP contribution is 2.45. The number of ether oxygens (including phenoxy) is 2. The van der Waals surface area contributed by atoms with Crippen molar-refractivity contribution in [3.05, 3.63) is 57.4 Å². The molecule has 30 heavy (non-hydrogen) atoms. The molecule has 0 fully saturated rings. The number of hydrogen-bond acceptors (Lipinski definition) is 6. The number of hydrogen-bond donors (Lipinski definition) is 1. The van der Waals surface area contributed by atoms with Crippen LogP contribution in [0.1, 0.15) is 45.1 Å². The first-order chi connectivity index (χ1) is 14.3. The number of Topliss-reactive ketones (excluding diaryl/α,β-unsaturated/α-hetero) is 1. The lowest BCUT2D eigenvalue weighted by Gasteiger charge is -2.38. The molecule has 0 saturated heterocycles. The van der Waals surface area contributed by atoms with Crippen LogP contribution in [0.4, 0.5) is 0 Å². The van der Waals surface area contributed by atoms with Crippen LogP contribution < -0.4 is 5.32 Å². The monoisotopic (exact) mass is 431 g/mol. The first kappa shape index (κ1) is 22.1. The van der Waals surface area contributed by atoms with Gasteiger partial charge in [-0.25, -0.2) is 4.79 Å². The maximum absolute atomic E-state index is 13.5. The predicted octanol–water partition coefficient (Wildman–Crippen LogP) is 3.91. The van der Waals surface area contributed by atoms with Crippen molar-refractivity contribution in [3.63, 3.8) is 0 Å². The maximum Gasteiger partial charge on any atom is 0.336 e. The van der Waals surface area contributed by atoms with Crippen molar-refractivity contribution >= 4 is 29.3 Å². The van der Waals surface area contributed by atoms with E-state index < -0.39 is 23.8 Å². The molecule has 160 valence electrons. The molecule has 0 aromatic heterocycles. The van der Waals surface area contributed by atoms with Gasteiger partial charge in [-0.2, -0.15) is 0 Å². The molecule has 0 saturated carbocycles. The summed E-state index contributed by atoms with van der Waals surface area (Å²) in [6.45, 7) is 5.84. The molecule has 0 spiro atoms.